The summed E-state index contributed by atoms with van der Waals surface area (Å²) in [4.78, 5) is 43.6. The molecule has 14 heteroatoms. The second-order valence-corrected chi connectivity index (χ2v) is 10.5. The Morgan fingerprint density at radius 1 is 1.23 bits per heavy atom. The first kappa shape index (κ1) is 25.6. The highest BCUT2D eigenvalue weighted by Gasteiger charge is 2.46. The lowest BCUT2D eigenvalue weighted by Gasteiger charge is -2.32. The van der Waals surface area contributed by atoms with Crippen LogP contribution in [0.25, 0.3) is 0 Å². The second kappa shape index (κ2) is 10.8. The van der Waals surface area contributed by atoms with Crippen molar-refractivity contribution in [2.45, 2.75) is 76.1 Å². The molecule has 0 bridgehead atoms. The smallest absolute Gasteiger partial charge is 0.338 e. The molecule has 0 spiro atoms. The van der Waals surface area contributed by atoms with Crippen LogP contribution in [0.2, 0.25) is 0 Å². The number of carbonyl (C=O) groups excluding carboxylic acids is 3. The van der Waals surface area contributed by atoms with Crippen LogP contribution in [0.4, 0.5) is 23.8 Å². The van der Waals surface area contributed by atoms with Gasteiger partial charge in [0.1, 0.15) is 23.6 Å². The molecule has 39 heavy (non-hydrogen) atoms. The number of anilines is 1. The summed E-state index contributed by atoms with van der Waals surface area (Å²) in [5, 5.41) is 14.9. The Morgan fingerprint density at radius 3 is 2.64 bits per heavy atom. The number of alkyl halides is 3. The van der Waals surface area contributed by atoms with Crippen molar-refractivity contribution in [3.05, 3.63) is 35.3 Å². The van der Waals surface area contributed by atoms with E-state index in [1.54, 1.807) is 0 Å². The third kappa shape index (κ3) is 6.31. The fraction of sp³-hybridized carbons (Fsp3) is 0.600. The number of urea groups is 1. The number of rotatable bonds is 8. The van der Waals surface area contributed by atoms with Crippen molar-refractivity contribution in [1.29, 1.82) is 0 Å². The van der Waals surface area contributed by atoms with E-state index in [-0.39, 0.29) is 28.9 Å². The minimum atomic E-state index is -4.64. The van der Waals surface area contributed by atoms with Crippen molar-refractivity contribution >= 4 is 23.7 Å². The zero-order chi connectivity index (χ0) is 28.6. The summed E-state index contributed by atoms with van der Waals surface area (Å²) in [6, 6.07) is -1.28. The quantitative estimate of drug-likeness (QED) is 0.458. The maximum absolute atomic E-state index is 13.5. The summed E-state index contributed by atoms with van der Waals surface area (Å²) >= 11 is 0. The number of nitrogens with zero attached hydrogens (tertiary/aromatic N) is 4. The number of halogens is 3. The Bertz CT molecular complexity index is 1260. The predicted molar refractivity (Wildman–Crippen MR) is 130 cm³/mol. The highest BCUT2D eigenvalue weighted by molar-refractivity contribution is 6.00. The first-order valence-electron chi connectivity index (χ1n) is 13.5. The van der Waals surface area contributed by atoms with Crippen LogP contribution in [0, 0.1) is 11.8 Å². The van der Waals surface area contributed by atoms with E-state index in [4.69, 9.17) is 6.00 Å². The molecule has 3 fully saturated rings. The molecule has 3 atom stereocenters. The van der Waals surface area contributed by atoms with Gasteiger partial charge >= 0.3 is 12.2 Å². The molecule has 1 unspecified atom stereocenters. The molecule has 1 aliphatic heterocycles. The van der Waals surface area contributed by atoms with E-state index >= 15 is 0 Å². The van der Waals surface area contributed by atoms with Gasteiger partial charge in [0.25, 0.3) is 5.91 Å². The molecule has 3 heterocycles. The van der Waals surface area contributed by atoms with Crippen molar-refractivity contribution < 1.29 is 33.6 Å². The summed E-state index contributed by atoms with van der Waals surface area (Å²) in [5.41, 5.74) is 0.698. The van der Waals surface area contributed by atoms with Gasteiger partial charge in [0.15, 0.2) is 5.69 Å². The van der Waals surface area contributed by atoms with E-state index in [9.17, 15) is 27.6 Å². The van der Waals surface area contributed by atoms with Crippen LogP contribution >= 0.6 is 0 Å². The topological polar surface area (TPSA) is 142 Å². The van der Waals surface area contributed by atoms with Gasteiger partial charge in [-0.25, -0.2) is 14.4 Å². The van der Waals surface area contributed by atoms with Crippen LogP contribution in [-0.2, 0) is 11.3 Å². The Labute approximate surface area is 223 Å². The van der Waals surface area contributed by atoms with Crippen LogP contribution in [-0.4, -0.2) is 62.8 Å². The Morgan fingerprint density at radius 2 is 1.97 bits per heavy atom. The van der Waals surface area contributed by atoms with Gasteiger partial charge in [0, 0.05) is 18.6 Å². The van der Waals surface area contributed by atoms with Crippen molar-refractivity contribution in [2.24, 2.45) is 11.8 Å². The highest BCUT2D eigenvalue weighted by Crippen LogP contribution is 2.40. The summed E-state index contributed by atoms with van der Waals surface area (Å²) in [7, 11) is 0. The summed E-state index contributed by atoms with van der Waals surface area (Å²) < 4.78 is 52.4. The van der Waals surface area contributed by atoms with Gasteiger partial charge in [-0.15, -0.1) is 0 Å². The van der Waals surface area contributed by atoms with Crippen molar-refractivity contribution in [3.63, 3.8) is 0 Å². The molecule has 2 saturated carbocycles. The molecular formula is C25H30F3N7O4. The van der Waals surface area contributed by atoms with E-state index in [0.29, 0.717) is 11.6 Å². The molecule has 3 aliphatic rings. The summed E-state index contributed by atoms with van der Waals surface area (Å²) in [5.74, 6) is -0.581. The molecule has 0 radical (unpaired) electrons. The summed E-state index contributed by atoms with van der Waals surface area (Å²) in [6.45, 7) is -0.0344. The first-order valence-corrected chi connectivity index (χ1v) is 13.0. The average Bonchev–Trinajstić information content (AvgIpc) is 3.49. The number of hydrogen-bond donors (Lipinski definition) is 3. The normalized spacial score (nSPS) is 25.4. The first-order chi connectivity index (χ1) is 19.0. The lowest BCUT2D eigenvalue weighted by Crippen LogP contribution is -2.49. The third-order valence-corrected chi connectivity index (χ3v) is 7.47. The van der Waals surface area contributed by atoms with Crippen LogP contribution in [0.5, 0.6) is 0 Å². The van der Waals surface area contributed by atoms with Gasteiger partial charge in [0.05, 0.1) is 7.92 Å². The number of hydrogen-bond acceptors (Lipinski definition) is 7. The average molecular weight is 551 g/mol. The minimum absolute atomic E-state index is 0.0388. The third-order valence-electron chi connectivity index (χ3n) is 7.47. The molecule has 5 rings (SSSR count). The van der Waals surface area contributed by atoms with E-state index in [1.807, 2.05) is 5.32 Å². The zero-order valence-corrected chi connectivity index (χ0v) is 21.2. The number of nitrogens with one attached hydrogen (secondary N) is 3. The lowest BCUT2D eigenvalue weighted by atomic mass is 9.79. The Balaban J connectivity index is 1.31. The van der Waals surface area contributed by atoms with Crippen LogP contribution in [0.3, 0.4) is 0 Å². The largest absolute Gasteiger partial charge is 0.410 e. The predicted octanol–water partition coefficient (Wildman–Crippen LogP) is 3.36. The molecule has 4 amide bonds. The van der Waals surface area contributed by atoms with Gasteiger partial charge in [-0.3, -0.25) is 9.59 Å². The molecular weight excluding hydrogens is 519 g/mol. The van der Waals surface area contributed by atoms with E-state index in [2.05, 4.69) is 32.9 Å². The SMILES string of the molecule is [2H]C(c1ccnc(NC(=O)[C@@H](NC(=O)c2nonc2C2CC2)C2CCC(C)CC2)c1)N1C[C@@H](C(F)(F)F)NC1=O. The molecule has 210 valence electrons. The standard InChI is InChI=1S/C25H30F3N7O4/c1-13-2-4-16(5-3-13)20(32-23(37)21-19(15-6-7-15)33-39-34-21)22(36)31-18-10-14(8-9-29-18)11-35-12-17(25(26,27)28)30-24(35)38/h8-10,13,15-17,20H,2-7,11-12H2,1H3,(H,30,38)(H,32,37)(H,29,31,36)/t13?,16?,17-,20-/m0/s1/i11D/t11?,13?,16?,17-,20-. The lowest BCUT2D eigenvalue weighted by molar-refractivity contribution is -0.149. The highest BCUT2D eigenvalue weighted by atomic mass is 19.4. The molecule has 2 aromatic rings. The number of carbonyl (C=O) groups is 3. The van der Waals surface area contributed by atoms with Gasteiger partial charge < -0.3 is 20.9 Å². The number of pyridine rings is 1. The maximum atomic E-state index is 13.5. The monoisotopic (exact) mass is 550 g/mol. The van der Waals surface area contributed by atoms with E-state index in [0.717, 1.165) is 43.4 Å². The number of aromatic nitrogens is 3. The molecule has 11 nitrogen and oxygen atoms in total. The van der Waals surface area contributed by atoms with E-state index in [1.165, 1.54) is 18.3 Å². The minimum Gasteiger partial charge on any atom is -0.338 e. The molecule has 2 aromatic heterocycles. The second-order valence-electron chi connectivity index (χ2n) is 10.5. The number of amides is 4. The Hall–Kier alpha value is -3.71. The van der Waals surface area contributed by atoms with Crippen molar-refractivity contribution in [1.82, 2.24) is 30.8 Å². The van der Waals surface area contributed by atoms with Gasteiger partial charge in [-0.1, -0.05) is 24.9 Å². The van der Waals surface area contributed by atoms with Crippen molar-refractivity contribution in [2.75, 3.05) is 11.9 Å². The van der Waals surface area contributed by atoms with E-state index < -0.39 is 49.2 Å². The molecule has 1 saturated heterocycles. The van der Waals surface area contributed by atoms with Crippen LogP contribution in [0.1, 0.15) is 74.5 Å². The van der Waals surface area contributed by atoms with Crippen LogP contribution < -0.4 is 16.0 Å². The maximum Gasteiger partial charge on any atom is 0.410 e. The van der Waals surface area contributed by atoms with Crippen LogP contribution in [0.15, 0.2) is 23.0 Å². The molecule has 3 N–H and O–H groups in total. The summed E-state index contributed by atoms with van der Waals surface area (Å²) in [6.07, 6.45) is 1.65. The molecule has 0 aromatic carbocycles. The molecule has 2 aliphatic carbocycles. The van der Waals surface area contributed by atoms with Gasteiger partial charge in [-0.05, 0) is 60.4 Å². The fourth-order valence-corrected chi connectivity index (χ4v) is 5.04. The zero-order valence-electron chi connectivity index (χ0n) is 22.2. The Kier molecular flexibility index (Phi) is 7.09. The van der Waals surface area contributed by atoms with Gasteiger partial charge in [-0.2, -0.15) is 13.2 Å². The fourth-order valence-electron chi connectivity index (χ4n) is 5.04. The van der Waals surface area contributed by atoms with Gasteiger partial charge in [0.2, 0.25) is 5.91 Å². The van der Waals surface area contributed by atoms with Crippen molar-refractivity contribution in [3.8, 4) is 0 Å².